The van der Waals surface area contributed by atoms with Gasteiger partial charge >= 0.3 is 0 Å². The first-order chi connectivity index (χ1) is 11.7. The average Bonchev–Trinajstić information content (AvgIpc) is 2.61. The highest BCUT2D eigenvalue weighted by atomic mass is 127. The maximum Gasteiger partial charge on any atom is 0.191 e. The van der Waals surface area contributed by atoms with Gasteiger partial charge in [-0.1, -0.05) is 50.5 Å². The molecule has 1 aliphatic rings. The van der Waals surface area contributed by atoms with Gasteiger partial charge in [0.2, 0.25) is 0 Å². The van der Waals surface area contributed by atoms with E-state index in [0.29, 0.717) is 6.04 Å². The second kappa shape index (κ2) is 12.5. The molecule has 0 bridgehead atoms. The number of nitrogens with zero attached hydrogens (tertiary/aromatic N) is 2. The third-order valence-electron chi connectivity index (χ3n) is 4.69. The molecule has 0 aromatic heterocycles. The number of halogens is 1. The molecule has 0 spiro atoms. The van der Waals surface area contributed by atoms with Crippen molar-refractivity contribution >= 4 is 29.9 Å². The van der Waals surface area contributed by atoms with Crippen LogP contribution in [0.4, 0.5) is 0 Å². The van der Waals surface area contributed by atoms with E-state index in [4.69, 9.17) is 4.99 Å². The molecule has 2 N–H and O–H groups in total. The lowest BCUT2D eigenvalue weighted by molar-refractivity contribution is 0.345. The van der Waals surface area contributed by atoms with Crippen LogP contribution in [0.3, 0.4) is 0 Å². The van der Waals surface area contributed by atoms with Crippen molar-refractivity contribution in [3.05, 3.63) is 35.4 Å². The Morgan fingerprint density at radius 1 is 1.16 bits per heavy atom. The predicted octanol–water partition coefficient (Wildman–Crippen LogP) is 4.14. The molecule has 25 heavy (non-hydrogen) atoms. The SMILES string of the molecule is CCNC(=NCc1cccc(CN(C)CC)c1)NC1CCCCC1.I. The predicted molar refractivity (Wildman–Crippen MR) is 119 cm³/mol. The summed E-state index contributed by atoms with van der Waals surface area (Å²) in [6, 6.07) is 9.37. The average molecular weight is 458 g/mol. The minimum atomic E-state index is 0. The summed E-state index contributed by atoms with van der Waals surface area (Å²) in [6.07, 6.45) is 6.59. The van der Waals surface area contributed by atoms with E-state index in [0.717, 1.165) is 32.1 Å². The number of benzene rings is 1. The van der Waals surface area contributed by atoms with Gasteiger partial charge in [0.25, 0.3) is 0 Å². The van der Waals surface area contributed by atoms with Gasteiger partial charge in [-0.15, -0.1) is 24.0 Å². The Morgan fingerprint density at radius 2 is 1.88 bits per heavy atom. The van der Waals surface area contributed by atoms with Gasteiger partial charge in [0.1, 0.15) is 0 Å². The normalized spacial score (nSPS) is 15.8. The van der Waals surface area contributed by atoms with Crippen LogP contribution < -0.4 is 10.6 Å². The summed E-state index contributed by atoms with van der Waals surface area (Å²) in [7, 11) is 2.15. The van der Waals surface area contributed by atoms with Gasteiger partial charge < -0.3 is 15.5 Å². The highest BCUT2D eigenvalue weighted by Crippen LogP contribution is 2.17. The van der Waals surface area contributed by atoms with Gasteiger partial charge in [0, 0.05) is 19.1 Å². The Kier molecular flexibility index (Phi) is 11.1. The topological polar surface area (TPSA) is 39.7 Å². The van der Waals surface area contributed by atoms with Crippen molar-refractivity contribution in [2.75, 3.05) is 20.1 Å². The molecular formula is C20H35IN4. The zero-order valence-corrected chi connectivity index (χ0v) is 18.4. The Bertz CT molecular complexity index is 512. The molecule has 0 saturated heterocycles. The van der Waals surface area contributed by atoms with Gasteiger partial charge in [-0.25, -0.2) is 4.99 Å². The number of hydrogen-bond acceptors (Lipinski definition) is 2. The fourth-order valence-electron chi connectivity index (χ4n) is 3.18. The summed E-state index contributed by atoms with van der Waals surface area (Å²) in [4.78, 5) is 7.12. The largest absolute Gasteiger partial charge is 0.357 e. The van der Waals surface area contributed by atoms with Crippen LogP contribution in [-0.2, 0) is 13.1 Å². The monoisotopic (exact) mass is 458 g/mol. The summed E-state index contributed by atoms with van der Waals surface area (Å²) in [5, 5.41) is 7.00. The number of nitrogens with one attached hydrogen (secondary N) is 2. The quantitative estimate of drug-likeness (QED) is 0.367. The molecule has 4 nitrogen and oxygen atoms in total. The van der Waals surface area contributed by atoms with Crippen molar-refractivity contribution in [3.8, 4) is 0 Å². The fourth-order valence-corrected chi connectivity index (χ4v) is 3.18. The number of hydrogen-bond donors (Lipinski definition) is 2. The van der Waals surface area contributed by atoms with Gasteiger partial charge in [-0.3, -0.25) is 0 Å². The molecule has 0 aliphatic heterocycles. The van der Waals surface area contributed by atoms with Gasteiger partial charge in [0.15, 0.2) is 5.96 Å². The minimum Gasteiger partial charge on any atom is -0.357 e. The highest BCUT2D eigenvalue weighted by molar-refractivity contribution is 14.0. The minimum absolute atomic E-state index is 0. The van der Waals surface area contributed by atoms with Crippen molar-refractivity contribution in [1.29, 1.82) is 0 Å². The zero-order chi connectivity index (χ0) is 17.2. The van der Waals surface area contributed by atoms with E-state index in [2.05, 4.69) is 60.7 Å². The maximum absolute atomic E-state index is 4.80. The van der Waals surface area contributed by atoms with E-state index < -0.39 is 0 Å². The van der Waals surface area contributed by atoms with Crippen molar-refractivity contribution in [2.45, 2.75) is 65.1 Å². The second-order valence-electron chi connectivity index (χ2n) is 6.82. The fraction of sp³-hybridized carbons (Fsp3) is 0.650. The van der Waals surface area contributed by atoms with E-state index in [1.807, 2.05) is 0 Å². The Labute approximate surface area is 170 Å². The van der Waals surface area contributed by atoms with E-state index in [1.54, 1.807) is 0 Å². The van der Waals surface area contributed by atoms with Gasteiger partial charge in [-0.05, 0) is 44.5 Å². The van der Waals surface area contributed by atoms with E-state index >= 15 is 0 Å². The second-order valence-corrected chi connectivity index (χ2v) is 6.82. The summed E-state index contributed by atoms with van der Waals surface area (Å²) in [5.74, 6) is 0.959. The number of rotatable bonds is 7. The van der Waals surface area contributed by atoms with Crippen molar-refractivity contribution in [3.63, 3.8) is 0 Å². The summed E-state index contributed by atoms with van der Waals surface area (Å²) >= 11 is 0. The first-order valence-electron chi connectivity index (χ1n) is 9.52. The Morgan fingerprint density at radius 3 is 2.56 bits per heavy atom. The summed E-state index contributed by atoms with van der Waals surface area (Å²) < 4.78 is 0. The van der Waals surface area contributed by atoms with Gasteiger partial charge in [-0.2, -0.15) is 0 Å². The lowest BCUT2D eigenvalue weighted by Gasteiger charge is -2.24. The van der Waals surface area contributed by atoms with Crippen LogP contribution in [0, 0.1) is 0 Å². The van der Waals surface area contributed by atoms with E-state index in [9.17, 15) is 0 Å². The highest BCUT2D eigenvalue weighted by Gasteiger charge is 2.14. The van der Waals surface area contributed by atoms with Crippen LogP contribution in [0.15, 0.2) is 29.3 Å². The van der Waals surface area contributed by atoms with Crippen molar-refractivity contribution in [2.24, 2.45) is 4.99 Å². The van der Waals surface area contributed by atoms with Gasteiger partial charge in [0.05, 0.1) is 6.54 Å². The van der Waals surface area contributed by atoms with Crippen LogP contribution in [-0.4, -0.2) is 37.0 Å². The zero-order valence-electron chi connectivity index (χ0n) is 16.1. The molecule has 1 aliphatic carbocycles. The molecule has 0 heterocycles. The van der Waals surface area contributed by atoms with Crippen molar-refractivity contribution in [1.82, 2.24) is 15.5 Å². The van der Waals surface area contributed by atoms with E-state index in [1.165, 1.54) is 43.2 Å². The maximum atomic E-state index is 4.80. The summed E-state index contributed by atoms with van der Waals surface area (Å²) in [6.45, 7) is 8.01. The molecule has 0 unspecified atom stereocenters. The molecular weight excluding hydrogens is 423 g/mol. The third-order valence-corrected chi connectivity index (χ3v) is 4.69. The summed E-state index contributed by atoms with van der Waals surface area (Å²) in [5.41, 5.74) is 2.63. The van der Waals surface area contributed by atoms with Crippen molar-refractivity contribution < 1.29 is 0 Å². The molecule has 1 aromatic rings. The lowest BCUT2D eigenvalue weighted by Crippen LogP contribution is -2.44. The van der Waals surface area contributed by atoms with Crippen LogP contribution in [0.1, 0.15) is 57.1 Å². The third kappa shape index (κ3) is 8.40. The van der Waals surface area contributed by atoms with Crippen LogP contribution >= 0.6 is 24.0 Å². The smallest absolute Gasteiger partial charge is 0.191 e. The van der Waals surface area contributed by atoms with Crippen LogP contribution in [0.5, 0.6) is 0 Å². The van der Waals surface area contributed by atoms with Crippen LogP contribution in [0.25, 0.3) is 0 Å². The number of guanidine groups is 1. The molecule has 0 radical (unpaired) electrons. The number of aliphatic imine (C=N–C) groups is 1. The van der Waals surface area contributed by atoms with E-state index in [-0.39, 0.29) is 24.0 Å². The standard InChI is InChI=1S/C20H34N4.HI/c1-4-21-20(23-19-12-7-6-8-13-19)22-15-17-10-9-11-18(14-17)16-24(3)5-2;/h9-11,14,19H,4-8,12-13,15-16H2,1-3H3,(H2,21,22,23);1H. The molecule has 1 saturated carbocycles. The molecule has 0 atom stereocenters. The van der Waals surface area contributed by atoms with Crippen LogP contribution in [0.2, 0.25) is 0 Å². The first-order valence-corrected chi connectivity index (χ1v) is 9.52. The molecule has 5 heteroatoms. The molecule has 142 valence electrons. The molecule has 1 aromatic carbocycles. The molecule has 0 amide bonds. The lowest BCUT2D eigenvalue weighted by atomic mass is 9.96. The molecule has 1 fully saturated rings. The Hall–Kier alpha value is -0.820. The Balaban J connectivity index is 0.00000312. The molecule has 2 rings (SSSR count). The first kappa shape index (κ1) is 22.2.